The quantitative estimate of drug-likeness (QED) is 0.439. The van der Waals surface area contributed by atoms with Crippen LogP contribution in [0.15, 0.2) is 48.5 Å². The molecule has 7 atom stereocenters. The summed E-state index contributed by atoms with van der Waals surface area (Å²) in [7, 11) is 0. The van der Waals surface area contributed by atoms with Crippen LogP contribution < -0.4 is 0 Å². The molecular weight excluding hydrogens is 372 g/mol. The molecule has 0 saturated heterocycles. The van der Waals surface area contributed by atoms with Crippen LogP contribution in [0.2, 0.25) is 0 Å². The van der Waals surface area contributed by atoms with E-state index >= 15 is 0 Å². The average Bonchev–Trinajstić information content (AvgIpc) is 2.73. The number of aliphatic hydroxyl groups is 6. The Labute approximate surface area is 169 Å². The minimum Gasteiger partial charge on any atom is -0.394 e. The fourth-order valence-corrected chi connectivity index (χ4v) is 6.13. The van der Waals surface area contributed by atoms with E-state index in [0.717, 1.165) is 11.1 Å². The molecule has 3 unspecified atom stereocenters. The van der Waals surface area contributed by atoms with Crippen molar-refractivity contribution in [2.24, 2.45) is 0 Å². The van der Waals surface area contributed by atoms with Crippen LogP contribution in [0.5, 0.6) is 0 Å². The van der Waals surface area contributed by atoms with Crippen molar-refractivity contribution in [2.45, 2.75) is 61.1 Å². The molecule has 0 radical (unpaired) electrons. The average molecular weight is 400 g/mol. The molecule has 2 aliphatic carbocycles. The van der Waals surface area contributed by atoms with Crippen LogP contribution in [0.4, 0.5) is 0 Å². The van der Waals surface area contributed by atoms with E-state index in [-0.39, 0.29) is 0 Å². The van der Waals surface area contributed by atoms with Gasteiger partial charge in [0.15, 0.2) is 0 Å². The van der Waals surface area contributed by atoms with Gasteiger partial charge in [0, 0.05) is 0 Å². The zero-order valence-corrected chi connectivity index (χ0v) is 16.7. The van der Waals surface area contributed by atoms with E-state index in [9.17, 15) is 30.6 Å². The normalized spacial score (nSPS) is 41.8. The molecule has 6 heteroatoms. The third-order valence-electron chi connectivity index (χ3n) is 7.73. The standard InChI is InChI=1S/C23H28O6/c1-13-8-7-11-16(14(13)2)20(3)19(26)22(28)18(15-9-5-4-6-10-15)21(27,17(25)12-24)23(20,22)29/h4-11,17-19,24-29H,12H2,1-3H3/t17-,18?,19?,20?,21+,22+,23+/m1/s1. The molecule has 0 aliphatic heterocycles. The van der Waals surface area contributed by atoms with Crippen molar-refractivity contribution in [3.05, 3.63) is 70.8 Å². The molecule has 0 spiro atoms. The second kappa shape index (κ2) is 6.11. The lowest BCUT2D eigenvalue weighted by Gasteiger charge is -2.84. The first kappa shape index (κ1) is 20.5. The maximum Gasteiger partial charge on any atom is 0.140 e. The van der Waals surface area contributed by atoms with Gasteiger partial charge in [0.1, 0.15) is 22.9 Å². The molecule has 0 aromatic heterocycles. The van der Waals surface area contributed by atoms with Gasteiger partial charge >= 0.3 is 0 Å². The van der Waals surface area contributed by atoms with E-state index in [2.05, 4.69) is 0 Å². The number of hydrogen-bond acceptors (Lipinski definition) is 6. The molecule has 29 heavy (non-hydrogen) atoms. The Bertz CT molecular complexity index is 948. The minimum atomic E-state index is -2.28. The first-order valence-electron chi connectivity index (χ1n) is 9.80. The van der Waals surface area contributed by atoms with Gasteiger partial charge < -0.3 is 30.6 Å². The summed E-state index contributed by atoms with van der Waals surface area (Å²) >= 11 is 0. The van der Waals surface area contributed by atoms with Crippen LogP contribution in [0.25, 0.3) is 0 Å². The van der Waals surface area contributed by atoms with E-state index in [1.807, 2.05) is 19.9 Å². The van der Waals surface area contributed by atoms with Crippen molar-refractivity contribution < 1.29 is 30.6 Å². The highest BCUT2D eigenvalue weighted by Gasteiger charge is 2.97. The summed E-state index contributed by atoms with van der Waals surface area (Å²) in [6.45, 7) is 4.51. The molecule has 2 aliphatic rings. The monoisotopic (exact) mass is 400 g/mol. The number of hydrogen-bond donors (Lipinski definition) is 6. The minimum absolute atomic E-state index is 0.455. The van der Waals surface area contributed by atoms with Gasteiger partial charge in [0.25, 0.3) is 0 Å². The molecule has 156 valence electrons. The van der Waals surface area contributed by atoms with Crippen LogP contribution in [-0.4, -0.2) is 66.3 Å². The van der Waals surface area contributed by atoms with Gasteiger partial charge in [-0.15, -0.1) is 0 Å². The van der Waals surface area contributed by atoms with Crippen LogP contribution in [0.3, 0.4) is 0 Å². The number of aryl methyl sites for hydroxylation is 1. The van der Waals surface area contributed by atoms with Gasteiger partial charge in [-0.1, -0.05) is 48.5 Å². The van der Waals surface area contributed by atoms with Crippen molar-refractivity contribution in [1.82, 2.24) is 0 Å². The topological polar surface area (TPSA) is 121 Å². The molecule has 2 aromatic carbocycles. The SMILES string of the molecule is Cc1cccc(C2(C)C(O)[C@@]3(O)C(c4ccccc4)[C@@](O)([C@H](O)CO)[C@@]23O)c1C. The van der Waals surface area contributed by atoms with Crippen molar-refractivity contribution in [2.75, 3.05) is 6.61 Å². The Morgan fingerprint density at radius 2 is 1.59 bits per heavy atom. The number of aliphatic hydroxyl groups excluding tert-OH is 3. The summed E-state index contributed by atoms with van der Waals surface area (Å²) in [6, 6.07) is 13.9. The highest BCUT2D eigenvalue weighted by atomic mass is 16.5. The highest BCUT2D eigenvalue weighted by Crippen LogP contribution is 2.77. The van der Waals surface area contributed by atoms with Crippen LogP contribution in [-0.2, 0) is 5.41 Å². The second-order valence-electron chi connectivity index (χ2n) is 8.76. The van der Waals surface area contributed by atoms with E-state index in [1.165, 1.54) is 0 Å². The van der Waals surface area contributed by atoms with E-state index < -0.39 is 47.0 Å². The predicted octanol–water partition coefficient (Wildman–Crippen LogP) is 0.280. The molecule has 6 nitrogen and oxygen atoms in total. The van der Waals surface area contributed by atoms with Crippen molar-refractivity contribution in [3.8, 4) is 0 Å². The van der Waals surface area contributed by atoms with E-state index in [0.29, 0.717) is 11.1 Å². The number of benzene rings is 2. The maximum absolute atomic E-state index is 11.8. The van der Waals surface area contributed by atoms with E-state index in [4.69, 9.17) is 0 Å². The lowest BCUT2D eigenvalue weighted by molar-refractivity contribution is -0.482. The summed E-state index contributed by atoms with van der Waals surface area (Å²) in [4.78, 5) is 0. The zero-order valence-electron chi connectivity index (χ0n) is 16.7. The first-order chi connectivity index (χ1) is 13.5. The molecule has 2 aromatic rings. The summed E-state index contributed by atoms with van der Waals surface area (Å²) in [5.74, 6) is -1.18. The molecule has 4 rings (SSSR count). The van der Waals surface area contributed by atoms with Crippen LogP contribution in [0, 0.1) is 13.8 Å². The summed E-state index contributed by atoms with van der Waals surface area (Å²) in [5.41, 5.74) is -5.34. The second-order valence-corrected chi connectivity index (χ2v) is 8.76. The summed E-state index contributed by atoms with van der Waals surface area (Å²) in [5, 5.41) is 66.4. The highest BCUT2D eigenvalue weighted by molar-refractivity contribution is 5.60. The molecule has 2 saturated carbocycles. The predicted molar refractivity (Wildman–Crippen MR) is 106 cm³/mol. The number of rotatable bonds is 4. The van der Waals surface area contributed by atoms with Gasteiger partial charge in [-0.25, -0.2) is 0 Å². The summed E-state index contributed by atoms with van der Waals surface area (Å²) < 4.78 is 0. The van der Waals surface area contributed by atoms with Gasteiger partial charge in [-0.05, 0) is 43.0 Å². The van der Waals surface area contributed by atoms with Gasteiger partial charge in [-0.2, -0.15) is 0 Å². The van der Waals surface area contributed by atoms with E-state index in [1.54, 1.807) is 49.4 Å². The first-order valence-corrected chi connectivity index (χ1v) is 9.80. The van der Waals surface area contributed by atoms with Crippen molar-refractivity contribution in [3.63, 3.8) is 0 Å². The molecule has 0 amide bonds. The number of fused-ring (bicyclic) bond motifs is 1. The van der Waals surface area contributed by atoms with Crippen LogP contribution >= 0.6 is 0 Å². The van der Waals surface area contributed by atoms with Gasteiger partial charge in [0.2, 0.25) is 0 Å². The lowest BCUT2D eigenvalue weighted by Crippen LogP contribution is -3.04. The third-order valence-corrected chi connectivity index (χ3v) is 7.73. The largest absolute Gasteiger partial charge is 0.394 e. The maximum atomic E-state index is 11.8. The molecule has 0 heterocycles. The smallest absolute Gasteiger partial charge is 0.140 e. The fraction of sp³-hybridized carbons (Fsp3) is 0.478. The van der Waals surface area contributed by atoms with Gasteiger partial charge in [-0.3, -0.25) is 0 Å². The Kier molecular flexibility index (Phi) is 4.31. The fourth-order valence-electron chi connectivity index (χ4n) is 6.13. The Balaban J connectivity index is 1.95. The Morgan fingerprint density at radius 3 is 2.17 bits per heavy atom. The zero-order chi connectivity index (χ0) is 21.4. The van der Waals surface area contributed by atoms with Gasteiger partial charge in [0.05, 0.1) is 24.0 Å². The Hall–Kier alpha value is -1.80. The third kappa shape index (κ3) is 1.93. The van der Waals surface area contributed by atoms with Crippen molar-refractivity contribution >= 4 is 0 Å². The van der Waals surface area contributed by atoms with Crippen molar-refractivity contribution in [1.29, 1.82) is 0 Å². The lowest BCUT2D eigenvalue weighted by atomic mass is 9.25. The Morgan fingerprint density at radius 1 is 0.966 bits per heavy atom. The molecule has 0 bridgehead atoms. The molecule has 6 N–H and O–H groups in total. The molecule has 2 fully saturated rings. The summed E-state index contributed by atoms with van der Waals surface area (Å²) in [6.07, 6.45) is -3.13. The molecular formula is C23H28O6. The van der Waals surface area contributed by atoms with Crippen LogP contribution in [0.1, 0.15) is 35.1 Å².